The average molecular weight is 244 g/mol. The van der Waals surface area contributed by atoms with Gasteiger partial charge in [-0.3, -0.25) is 25.6 Å². The zero-order valence-corrected chi connectivity index (χ0v) is 9.49. The normalized spacial score (nSPS) is 36.2. The molecule has 0 unspecified atom stereocenters. The molecular formula is C8H12N4O5. The lowest BCUT2D eigenvalue weighted by Gasteiger charge is -2.45. The fraction of sp³-hybridized carbons (Fsp3) is 0.625. The van der Waals surface area contributed by atoms with E-state index in [9.17, 15) is 14.4 Å². The first kappa shape index (κ1) is 11.6. The second kappa shape index (κ2) is 3.31. The van der Waals surface area contributed by atoms with Crippen LogP contribution < -0.4 is 16.0 Å². The molecule has 2 aliphatic heterocycles. The minimum absolute atomic E-state index is 0.683. The molecule has 2 aliphatic rings. The highest BCUT2D eigenvalue weighted by Gasteiger charge is 2.70. The minimum Gasteiger partial charge on any atom is -0.345 e. The summed E-state index contributed by atoms with van der Waals surface area (Å²) in [5.41, 5.74) is -1.82. The van der Waals surface area contributed by atoms with E-state index in [-0.39, 0.29) is 0 Å². The Kier molecular flexibility index (Phi) is 2.26. The molecule has 0 aromatic heterocycles. The van der Waals surface area contributed by atoms with E-state index in [0.717, 1.165) is 4.90 Å². The molecule has 9 nitrogen and oxygen atoms in total. The lowest BCUT2D eigenvalue weighted by molar-refractivity contribution is -0.215. The third kappa shape index (κ3) is 1.17. The van der Waals surface area contributed by atoms with Gasteiger partial charge in [0.05, 0.1) is 0 Å². The van der Waals surface area contributed by atoms with Crippen molar-refractivity contribution >= 4 is 18.0 Å². The Morgan fingerprint density at radius 1 is 1.06 bits per heavy atom. The average Bonchev–Trinajstić information content (AvgIpc) is 2.60. The number of imide groups is 1. The predicted octanol–water partition coefficient (Wildman–Crippen LogP) is -1.88. The van der Waals surface area contributed by atoms with E-state index < -0.39 is 29.5 Å². The minimum atomic E-state index is -1.82. The third-order valence-electron chi connectivity index (χ3n) is 2.88. The zero-order valence-electron chi connectivity index (χ0n) is 9.49. The number of carbonyl (C=O) groups is 3. The van der Waals surface area contributed by atoms with Crippen LogP contribution >= 0.6 is 0 Å². The number of likely N-dealkylation sites (N-methyl/N-ethyl adjacent to an activating group) is 1. The Morgan fingerprint density at radius 2 is 1.71 bits per heavy atom. The van der Waals surface area contributed by atoms with Gasteiger partial charge in [0.15, 0.2) is 0 Å². The summed E-state index contributed by atoms with van der Waals surface area (Å²) in [4.78, 5) is 35.8. The molecule has 0 radical (unpaired) electrons. The molecule has 17 heavy (non-hydrogen) atoms. The third-order valence-corrected chi connectivity index (χ3v) is 2.88. The maximum atomic E-state index is 12.1. The number of hydrogen-bond acceptors (Lipinski definition) is 5. The van der Waals surface area contributed by atoms with Crippen LogP contribution in [0.2, 0.25) is 0 Å². The SMILES string of the molecule is CO[C@@]12NC(=O)N[C@]1(OC)C(=O)N(C)C(=O)N2. The van der Waals surface area contributed by atoms with Crippen LogP contribution in [0.3, 0.4) is 0 Å². The highest BCUT2D eigenvalue weighted by molar-refractivity contribution is 6.06. The van der Waals surface area contributed by atoms with Gasteiger partial charge in [0.2, 0.25) is 0 Å². The smallest absolute Gasteiger partial charge is 0.327 e. The maximum Gasteiger partial charge on any atom is 0.327 e. The zero-order chi connectivity index (χ0) is 12.8. The van der Waals surface area contributed by atoms with Gasteiger partial charge >= 0.3 is 12.1 Å². The lowest BCUT2D eigenvalue weighted by atomic mass is 10.0. The van der Waals surface area contributed by atoms with Crippen molar-refractivity contribution in [3.63, 3.8) is 0 Å². The Morgan fingerprint density at radius 3 is 2.24 bits per heavy atom. The van der Waals surface area contributed by atoms with Crippen molar-refractivity contribution < 1.29 is 23.9 Å². The number of carbonyl (C=O) groups excluding carboxylic acids is 3. The molecule has 0 aromatic carbocycles. The fourth-order valence-electron chi connectivity index (χ4n) is 1.94. The van der Waals surface area contributed by atoms with E-state index in [2.05, 4.69) is 16.0 Å². The number of amides is 5. The number of ether oxygens (including phenoxy) is 2. The van der Waals surface area contributed by atoms with Crippen LogP contribution in [0.4, 0.5) is 9.59 Å². The van der Waals surface area contributed by atoms with Crippen LogP contribution in [0.1, 0.15) is 0 Å². The molecule has 5 amide bonds. The first-order valence-electron chi connectivity index (χ1n) is 4.73. The number of methoxy groups -OCH3 is 2. The lowest BCUT2D eigenvalue weighted by Crippen LogP contribution is -2.81. The van der Waals surface area contributed by atoms with Crippen molar-refractivity contribution in [1.29, 1.82) is 0 Å². The largest absolute Gasteiger partial charge is 0.345 e. The van der Waals surface area contributed by atoms with Crippen molar-refractivity contribution in [3.8, 4) is 0 Å². The summed E-state index contributed by atoms with van der Waals surface area (Å²) in [7, 11) is 3.73. The molecule has 0 aliphatic carbocycles. The molecule has 2 heterocycles. The van der Waals surface area contributed by atoms with E-state index in [1.165, 1.54) is 21.3 Å². The monoisotopic (exact) mass is 244 g/mol. The summed E-state index contributed by atoms with van der Waals surface area (Å²) >= 11 is 0. The van der Waals surface area contributed by atoms with Gasteiger partial charge in [0, 0.05) is 21.3 Å². The number of nitrogens with zero attached hydrogens (tertiary/aromatic N) is 1. The Labute approximate surface area is 96.4 Å². The number of rotatable bonds is 2. The van der Waals surface area contributed by atoms with Gasteiger partial charge in [-0.15, -0.1) is 0 Å². The topological polar surface area (TPSA) is 109 Å². The van der Waals surface area contributed by atoms with Gasteiger partial charge in [0.25, 0.3) is 17.5 Å². The molecule has 0 aromatic rings. The number of fused-ring (bicyclic) bond motifs is 1. The van der Waals surface area contributed by atoms with Gasteiger partial charge in [-0.1, -0.05) is 0 Å². The second-order valence-electron chi connectivity index (χ2n) is 3.64. The van der Waals surface area contributed by atoms with E-state index in [1.807, 2.05) is 0 Å². The second-order valence-corrected chi connectivity index (χ2v) is 3.64. The number of urea groups is 2. The standard InChI is InChI=1S/C8H12N4O5/c1-12-4(13)7(16-2)8(17-3,11-6(12)15)10-5(14)9-7/h1-3H3,(H,11,15)(H2,9,10,14)/t7-,8+/m0/s1. The summed E-state index contributed by atoms with van der Waals surface area (Å²) in [6.07, 6.45) is 0. The first-order chi connectivity index (χ1) is 7.92. The number of nitrogens with one attached hydrogen (secondary N) is 3. The van der Waals surface area contributed by atoms with Gasteiger partial charge in [-0.2, -0.15) is 0 Å². The predicted molar refractivity (Wildman–Crippen MR) is 52.4 cm³/mol. The molecule has 2 atom stereocenters. The van der Waals surface area contributed by atoms with E-state index in [4.69, 9.17) is 9.47 Å². The molecule has 2 fully saturated rings. The van der Waals surface area contributed by atoms with Gasteiger partial charge in [0.1, 0.15) is 0 Å². The van der Waals surface area contributed by atoms with Crippen molar-refractivity contribution in [1.82, 2.24) is 20.9 Å². The van der Waals surface area contributed by atoms with E-state index >= 15 is 0 Å². The molecule has 2 saturated heterocycles. The highest BCUT2D eigenvalue weighted by Crippen LogP contribution is 2.31. The Balaban J connectivity index is 2.56. The van der Waals surface area contributed by atoms with Crippen LogP contribution in [-0.4, -0.2) is 55.7 Å². The van der Waals surface area contributed by atoms with Crippen LogP contribution in [-0.2, 0) is 14.3 Å². The van der Waals surface area contributed by atoms with Gasteiger partial charge < -0.3 is 9.47 Å². The van der Waals surface area contributed by atoms with E-state index in [1.54, 1.807) is 0 Å². The van der Waals surface area contributed by atoms with Crippen LogP contribution in [0.15, 0.2) is 0 Å². The number of hydrogen-bond donors (Lipinski definition) is 3. The van der Waals surface area contributed by atoms with Crippen LogP contribution in [0.5, 0.6) is 0 Å². The van der Waals surface area contributed by atoms with Gasteiger partial charge in [-0.05, 0) is 0 Å². The molecule has 0 spiro atoms. The van der Waals surface area contributed by atoms with Crippen molar-refractivity contribution in [2.24, 2.45) is 0 Å². The summed E-state index contributed by atoms with van der Waals surface area (Å²) in [5, 5.41) is 6.99. The summed E-state index contributed by atoms with van der Waals surface area (Å²) in [5.74, 6) is -2.48. The fourth-order valence-corrected chi connectivity index (χ4v) is 1.94. The van der Waals surface area contributed by atoms with Gasteiger partial charge in [-0.25, -0.2) is 9.59 Å². The van der Waals surface area contributed by atoms with Crippen molar-refractivity contribution in [2.75, 3.05) is 21.3 Å². The molecule has 3 N–H and O–H groups in total. The molecule has 94 valence electrons. The Hall–Kier alpha value is -1.87. The van der Waals surface area contributed by atoms with Crippen LogP contribution in [0.25, 0.3) is 0 Å². The summed E-state index contributed by atoms with van der Waals surface area (Å²) in [6.45, 7) is 0. The Bertz CT molecular complexity index is 413. The van der Waals surface area contributed by atoms with Crippen molar-refractivity contribution in [3.05, 3.63) is 0 Å². The molecule has 0 bridgehead atoms. The maximum absolute atomic E-state index is 12.1. The van der Waals surface area contributed by atoms with E-state index in [0.29, 0.717) is 0 Å². The molecule has 2 rings (SSSR count). The van der Waals surface area contributed by atoms with Crippen LogP contribution in [0, 0.1) is 0 Å². The highest BCUT2D eigenvalue weighted by atomic mass is 16.6. The first-order valence-corrected chi connectivity index (χ1v) is 4.73. The van der Waals surface area contributed by atoms with Crippen molar-refractivity contribution in [2.45, 2.75) is 11.6 Å². The molecule has 9 heteroatoms. The quantitative estimate of drug-likeness (QED) is 0.527. The summed E-state index contributed by atoms with van der Waals surface area (Å²) < 4.78 is 10.1. The molecule has 0 saturated carbocycles. The summed E-state index contributed by atoms with van der Waals surface area (Å²) in [6, 6.07) is -1.38. The molecular weight excluding hydrogens is 232 g/mol.